The predicted octanol–water partition coefficient (Wildman–Crippen LogP) is 3.15. The van der Waals surface area contributed by atoms with Gasteiger partial charge in [0.25, 0.3) is 0 Å². The molecule has 1 unspecified atom stereocenters. The number of allylic oxidation sites excluding steroid dienone is 1. The standard InChI is InChI=1S/C18H22ClFN6/c1-21-14-4-2-3-5-15(14)25-18-13(20)9-24-17(26-18)12-8-23-16-11(12)6-10(19)7-22-16/h6-9,14-15,17,21,25-26H,2-5H2,1H3,(H,22,23)/t14-,15-,17?/m0/s1. The van der Waals surface area contributed by atoms with E-state index >= 15 is 0 Å². The summed E-state index contributed by atoms with van der Waals surface area (Å²) in [5, 5.41) is 11.3. The van der Waals surface area contributed by atoms with Crippen molar-refractivity contribution < 1.29 is 4.39 Å². The van der Waals surface area contributed by atoms with Gasteiger partial charge in [0.15, 0.2) is 5.83 Å². The van der Waals surface area contributed by atoms with Crippen LogP contribution in [0.15, 0.2) is 35.1 Å². The number of hydrogen-bond acceptors (Lipinski definition) is 5. The molecule has 2 aliphatic rings. The molecular weight excluding hydrogens is 355 g/mol. The molecule has 0 amide bonds. The van der Waals surface area contributed by atoms with E-state index in [9.17, 15) is 4.39 Å². The molecule has 0 saturated heterocycles. The number of fused-ring (bicyclic) bond motifs is 1. The van der Waals surface area contributed by atoms with E-state index in [1.807, 2.05) is 19.3 Å². The number of nitrogens with one attached hydrogen (secondary N) is 4. The lowest BCUT2D eigenvalue weighted by Gasteiger charge is -2.34. The summed E-state index contributed by atoms with van der Waals surface area (Å²) in [4.78, 5) is 11.7. The van der Waals surface area contributed by atoms with E-state index < -0.39 is 6.17 Å². The zero-order valence-electron chi connectivity index (χ0n) is 14.5. The van der Waals surface area contributed by atoms with Crippen LogP contribution in [0.1, 0.15) is 37.4 Å². The number of aromatic nitrogens is 2. The van der Waals surface area contributed by atoms with Crippen LogP contribution in [-0.4, -0.2) is 35.3 Å². The first-order chi connectivity index (χ1) is 12.7. The Morgan fingerprint density at radius 1 is 1.27 bits per heavy atom. The van der Waals surface area contributed by atoms with Gasteiger partial charge in [0.05, 0.1) is 11.2 Å². The van der Waals surface area contributed by atoms with Gasteiger partial charge in [-0.05, 0) is 26.0 Å². The van der Waals surface area contributed by atoms with E-state index in [0.717, 1.165) is 35.9 Å². The highest BCUT2D eigenvalue weighted by Gasteiger charge is 2.27. The molecule has 0 radical (unpaired) electrons. The lowest BCUT2D eigenvalue weighted by atomic mass is 9.90. The summed E-state index contributed by atoms with van der Waals surface area (Å²) < 4.78 is 14.4. The molecule has 2 aromatic heterocycles. The number of halogens is 2. The molecule has 1 aliphatic carbocycles. The minimum Gasteiger partial charge on any atom is -0.365 e. The Balaban J connectivity index is 1.56. The number of hydrogen-bond donors (Lipinski definition) is 4. The van der Waals surface area contributed by atoms with Gasteiger partial charge < -0.3 is 20.9 Å². The minimum absolute atomic E-state index is 0.188. The van der Waals surface area contributed by atoms with Crippen molar-refractivity contribution in [1.29, 1.82) is 0 Å². The Labute approximate surface area is 156 Å². The fourth-order valence-corrected chi connectivity index (χ4v) is 3.93. The number of pyridine rings is 1. The summed E-state index contributed by atoms with van der Waals surface area (Å²) in [7, 11) is 1.96. The summed E-state index contributed by atoms with van der Waals surface area (Å²) in [6.45, 7) is 0. The van der Waals surface area contributed by atoms with Crippen molar-refractivity contribution in [2.24, 2.45) is 4.99 Å². The number of rotatable bonds is 4. The van der Waals surface area contributed by atoms with E-state index in [1.54, 1.807) is 6.20 Å². The molecule has 138 valence electrons. The first kappa shape index (κ1) is 17.3. The van der Waals surface area contributed by atoms with Crippen LogP contribution in [0.25, 0.3) is 11.0 Å². The Morgan fingerprint density at radius 3 is 2.88 bits per heavy atom. The normalized spacial score (nSPS) is 26.2. The lowest BCUT2D eigenvalue weighted by Crippen LogP contribution is -2.50. The molecule has 3 heterocycles. The van der Waals surface area contributed by atoms with E-state index in [2.05, 4.69) is 30.9 Å². The second-order valence-electron chi connectivity index (χ2n) is 6.77. The Morgan fingerprint density at radius 2 is 2.08 bits per heavy atom. The third-order valence-electron chi connectivity index (χ3n) is 5.15. The molecule has 0 aromatic carbocycles. The van der Waals surface area contributed by atoms with Crippen molar-refractivity contribution in [3.8, 4) is 0 Å². The molecule has 8 heteroatoms. The highest BCUT2D eigenvalue weighted by molar-refractivity contribution is 6.31. The molecule has 2 aromatic rings. The molecule has 4 rings (SSSR count). The number of nitrogens with zero attached hydrogens (tertiary/aromatic N) is 2. The van der Waals surface area contributed by atoms with Crippen LogP contribution in [0.4, 0.5) is 4.39 Å². The van der Waals surface area contributed by atoms with Crippen molar-refractivity contribution in [2.45, 2.75) is 43.9 Å². The van der Waals surface area contributed by atoms with E-state index in [0.29, 0.717) is 16.9 Å². The van der Waals surface area contributed by atoms with Gasteiger partial charge in [0.2, 0.25) is 0 Å². The number of likely N-dealkylation sites (N-methyl/N-ethyl adjacent to an activating group) is 1. The van der Waals surface area contributed by atoms with Gasteiger partial charge in [-0.2, -0.15) is 0 Å². The summed E-state index contributed by atoms with van der Waals surface area (Å²) in [5.41, 5.74) is 1.61. The highest BCUT2D eigenvalue weighted by atomic mass is 35.5. The van der Waals surface area contributed by atoms with Crippen molar-refractivity contribution in [3.63, 3.8) is 0 Å². The second-order valence-corrected chi connectivity index (χ2v) is 7.21. The van der Waals surface area contributed by atoms with Gasteiger partial charge in [-0.3, -0.25) is 4.99 Å². The summed E-state index contributed by atoms with van der Waals surface area (Å²) >= 11 is 6.08. The van der Waals surface area contributed by atoms with Crippen molar-refractivity contribution >= 4 is 28.8 Å². The fourth-order valence-electron chi connectivity index (χ4n) is 3.78. The molecule has 26 heavy (non-hydrogen) atoms. The van der Waals surface area contributed by atoms with Crippen LogP contribution in [0.5, 0.6) is 0 Å². The SMILES string of the molecule is CN[C@H]1CCCC[C@@H]1NC1=C(F)C=NC(c2c[nH]c3ncc(Cl)cc23)N1. The maximum Gasteiger partial charge on any atom is 0.180 e. The fraction of sp³-hybridized carbons (Fsp3) is 0.444. The lowest BCUT2D eigenvalue weighted by molar-refractivity contribution is 0.301. The zero-order chi connectivity index (χ0) is 18.1. The topological polar surface area (TPSA) is 77.1 Å². The summed E-state index contributed by atoms with van der Waals surface area (Å²) in [6, 6.07) is 2.36. The first-order valence-corrected chi connectivity index (χ1v) is 9.29. The second kappa shape index (κ2) is 7.25. The molecule has 0 bridgehead atoms. The highest BCUT2D eigenvalue weighted by Crippen LogP contribution is 2.29. The Bertz CT molecular complexity index is 860. The maximum atomic E-state index is 14.4. The van der Waals surface area contributed by atoms with Gasteiger partial charge in [-0.15, -0.1) is 0 Å². The van der Waals surface area contributed by atoms with E-state index in [4.69, 9.17) is 11.6 Å². The average Bonchev–Trinajstić information content (AvgIpc) is 3.07. The van der Waals surface area contributed by atoms with Crippen molar-refractivity contribution in [2.75, 3.05) is 7.05 Å². The van der Waals surface area contributed by atoms with Crippen LogP contribution in [-0.2, 0) is 0 Å². The minimum atomic E-state index is -0.400. The van der Waals surface area contributed by atoms with E-state index in [-0.39, 0.29) is 11.9 Å². The van der Waals surface area contributed by atoms with Gasteiger partial charge >= 0.3 is 0 Å². The van der Waals surface area contributed by atoms with Crippen molar-refractivity contribution in [1.82, 2.24) is 25.9 Å². The van der Waals surface area contributed by atoms with Crippen LogP contribution in [0, 0.1) is 0 Å². The molecule has 0 spiro atoms. The quantitative estimate of drug-likeness (QED) is 0.661. The van der Waals surface area contributed by atoms with Crippen molar-refractivity contribution in [3.05, 3.63) is 40.7 Å². The van der Waals surface area contributed by atoms with Gasteiger partial charge in [0.1, 0.15) is 17.6 Å². The molecule has 4 N–H and O–H groups in total. The number of aliphatic imine (C=N–C) groups is 1. The Hall–Kier alpha value is -2.12. The third kappa shape index (κ3) is 3.29. The smallest absolute Gasteiger partial charge is 0.180 e. The monoisotopic (exact) mass is 376 g/mol. The largest absolute Gasteiger partial charge is 0.365 e. The third-order valence-corrected chi connectivity index (χ3v) is 5.35. The maximum absolute atomic E-state index is 14.4. The molecular formula is C18H22ClFN6. The van der Waals surface area contributed by atoms with Gasteiger partial charge in [-0.1, -0.05) is 24.4 Å². The van der Waals surface area contributed by atoms with Gasteiger partial charge in [-0.25, -0.2) is 9.37 Å². The average molecular weight is 377 g/mol. The van der Waals surface area contributed by atoms with Gasteiger partial charge in [0, 0.05) is 35.4 Å². The Kier molecular flexibility index (Phi) is 4.82. The summed E-state index contributed by atoms with van der Waals surface area (Å²) in [5.74, 6) is 0.0131. The van der Waals surface area contributed by atoms with E-state index in [1.165, 1.54) is 12.6 Å². The van der Waals surface area contributed by atoms with Crippen LogP contribution in [0.2, 0.25) is 5.02 Å². The molecule has 1 fully saturated rings. The van der Waals surface area contributed by atoms with Crippen LogP contribution in [0.3, 0.4) is 0 Å². The number of aromatic amines is 1. The zero-order valence-corrected chi connectivity index (χ0v) is 15.3. The van der Waals surface area contributed by atoms with Crippen LogP contribution >= 0.6 is 11.6 Å². The molecule has 1 saturated carbocycles. The molecule has 1 aliphatic heterocycles. The first-order valence-electron chi connectivity index (χ1n) is 8.91. The molecule has 6 nitrogen and oxygen atoms in total. The molecule has 3 atom stereocenters. The predicted molar refractivity (Wildman–Crippen MR) is 102 cm³/mol. The number of H-pyrrole nitrogens is 1. The van der Waals surface area contributed by atoms with Crippen LogP contribution < -0.4 is 16.0 Å². The summed E-state index contributed by atoms with van der Waals surface area (Å²) in [6.07, 6.45) is 8.75.